The molecule has 4 amide bonds. The van der Waals surface area contributed by atoms with E-state index in [0.717, 1.165) is 51.9 Å². The lowest BCUT2D eigenvalue weighted by Gasteiger charge is -2.43. The van der Waals surface area contributed by atoms with Gasteiger partial charge in [0.15, 0.2) is 0 Å². The summed E-state index contributed by atoms with van der Waals surface area (Å²) in [4.78, 5) is 76.5. The first-order chi connectivity index (χ1) is 32.8. The Bertz CT molecular complexity index is 2650. The normalized spacial score (nSPS) is 22.3. The first-order valence-electron chi connectivity index (χ1n) is 24.8. The van der Waals surface area contributed by atoms with Crippen molar-refractivity contribution in [2.45, 2.75) is 110 Å². The molecule has 1 saturated carbocycles. The number of nitrogens with zero attached hydrogens (tertiary/aromatic N) is 5. The molecule has 3 N–H and O–H groups in total. The highest BCUT2D eigenvalue weighted by Gasteiger charge is 2.55. The maximum Gasteiger partial charge on any atom is 0.324 e. The molecule has 2 saturated heterocycles. The van der Waals surface area contributed by atoms with Gasteiger partial charge in [0.2, 0.25) is 17.7 Å². The van der Waals surface area contributed by atoms with Gasteiger partial charge in [0.1, 0.15) is 23.4 Å². The molecule has 3 fully saturated rings. The van der Waals surface area contributed by atoms with Crippen molar-refractivity contribution in [3.05, 3.63) is 90.0 Å². The third kappa shape index (κ3) is 10.1. The Hall–Kier alpha value is -5.99. The Balaban J connectivity index is 1.25. The number of fused-ring (bicyclic) bond motifs is 6. The fraction of sp³-hybridized carbons (Fsp3) is 0.509. The van der Waals surface area contributed by atoms with E-state index in [2.05, 4.69) is 104 Å². The van der Waals surface area contributed by atoms with Crippen molar-refractivity contribution < 1.29 is 33.8 Å². The molecule has 14 nitrogen and oxygen atoms in total. The fourth-order valence-corrected chi connectivity index (χ4v) is 11.3. The number of ether oxygens (including phenoxy) is 1. The largest absolute Gasteiger partial charge is 0.508 e. The number of esters is 1. The average molecular weight is 942 g/mol. The fourth-order valence-electron chi connectivity index (χ4n) is 11.3. The summed E-state index contributed by atoms with van der Waals surface area (Å²) in [5.74, 6) is -2.89. The van der Waals surface area contributed by atoms with Gasteiger partial charge in [-0.05, 0) is 130 Å². The van der Waals surface area contributed by atoms with E-state index in [-0.39, 0.29) is 54.9 Å². The molecule has 8 rings (SSSR count). The quantitative estimate of drug-likeness (QED) is 0.110. The monoisotopic (exact) mass is 942 g/mol. The number of cyclic esters (lactones) is 1. The maximum atomic E-state index is 15.5. The molecule has 3 aromatic carbocycles. The molecule has 3 aliphatic heterocycles. The molecule has 4 atom stereocenters. The highest BCUT2D eigenvalue weighted by Crippen LogP contribution is 2.45. The van der Waals surface area contributed by atoms with Crippen LogP contribution in [0, 0.1) is 23.2 Å². The number of likely N-dealkylation sites (tertiary alicyclic amines) is 1. The first kappa shape index (κ1) is 49.4. The SMILES string of the molecule is C=CC(=O)N1CC[C@H](C(=O)N(C)[C@H](C(=O)N[C@@]2(C3CC3)Cc3cc(O)cc(c3)-c3ccc4c(c3)c(c(-c3ccccc3CN(C)C)n4CC)CC(C)(C)COC(=O)[C@@H]3CCCN(N3)C2=O)C(C)C)C1. The van der Waals surface area contributed by atoms with Gasteiger partial charge in [0, 0.05) is 68.1 Å². The number of benzene rings is 3. The Kier molecular flexibility index (Phi) is 14.2. The van der Waals surface area contributed by atoms with Crippen LogP contribution in [-0.2, 0) is 54.6 Å². The number of carbonyl (C=O) groups is 5. The number of phenolic OH excluding ortho intramolecular Hbond substituents is 1. The van der Waals surface area contributed by atoms with Crippen LogP contribution in [0.1, 0.15) is 83.4 Å². The summed E-state index contributed by atoms with van der Waals surface area (Å²) in [5, 5.41) is 17.4. The number of hydrogen-bond acceptors (Lipinski definition) is 9. The Morgan fingerprint density at radius 3 is 2.42 bits per heavy atom. The molecule has 0 spiro atoms. The maximum absolute atomic E-state index is 15.5. The zero-order valence-electron chi connectivity index (χ0n) is 41.8. The van der Waals surface area contributed by atoms with Crippen LogP contribution in [0.25, 0.3) is 33.3 Å². The van der Waals surface area contributed by atoms with E-state index in [4.69, 9.17) is 4.74 Å². The number of amides is 4. The van der Waals surface area contributed by atoms with E-state index < -0.39 is 40.8 Å². The van der Waals surface area contributed by atoms with Gasteiger partial charge >= 0.3 is 5.97 Å². The van der Waals surface area contributed by atoms with Gasteiger partial charge < -0.3 is 34.4 Å². The van der Waals surface area contributed by atoms with Crippen LogP contribution in [0.5, 0.6) is 5.75 Å². The van der Waals surface area contributed by atoms with Gasteiger partial charge in [-0.2, -0.15) is 0 Å². The van der Waals surface area contributed by atoms with Crippen molar-refractivity contribution in [1.29, 1.82) is 0 Å². The molecule has 1 aromatic heterocycles. The molecule has 0 radical (unpaired) electrons. The summed E-state index contributed by atoms with van der Waals surface area (Å²) < 4.78 is 8.59. The molecular weight excluding hydrogens is 871 g/mol. The van der Waals surface area contributed by atoms with Crippen LogP contribution < -0.4 is 10.7 Å². The number of rotatable bonds is 11. The third-order valence-corrected chi connectivity index (χ3v) is 14.7. The van der Waals surface area contributed by atoms with Crippen molar-refractivity contribution in [1.82, 2.24) is 35.0 Å². The minimum absolute atomic E-state index is 0.0242. The molecule has 6 bridgehead atoms. The van der Waals surface area contributed by atoms with Gasteiger partial charge in [-0.25, -0.2) is 5.43 Å². The molecule has 0 unspecified atom stereocenters. The molecule has 4 aliphatic rings. The summed E-state index contributed by atoms with van der Waals surface area (Å²) in [6, 6.07) is 18.6. The number of likely N-dealkylation sites (N-methyl/N-ethyl adjacent to an activating group) is 1. The van der Waals surface area contributed by atoms with Crippen LogP contribution in [-0.4, -0.2) is 124 Å². The zero-order chi connectivity index (χ0) is 49.5. The smallest absolute Gasteiger partial charge is 0.324 e. The first-order valence-corrected chi connectivity index (χ1v) is 24.8. The molecule has 4 aromatic rings. The highest BCUT2D eigenvalue weighted by molar-refractivity contribution is 5.97. The van der Waals surface area contributed by atoms with Crippen molar-refractivity contribution in [3.8, 4) is 28.1 Å². The molecule has 69 heavy (non-hydrogen) atoms. The summed E-state index contributed by atoms with van der Waals surface area (Å²) >= 11 is 0. The predicted octanol–water partition coefficient (Wildman–Crippen LogP) is 6.71. The molecular formula is C55H71N7O7. The Labute approximate surface area is 407 Å². The van der Waals surface area contributed by atoms with Gasteiger partial charge in [0.05, 0.1) is 18.2 Å². The number of hydrazine groups is 1. The minimum Gasteiger partial charge on any atom is -0.508 e. The van der Waals surface area contributed by atoms with Crippen LogP contribution in [0.2, 0.25) is 0 Å². The molecule has 14 heteroatoms. The average Bonchev–Trinajstić information content (AvgIpc) is 3.99. The second-order valence-corrected chi connectivity index (χ2v) is 21.3. The van der Waals surface area contributed by atoms with E-state index in [0.29, 0.717) is 57.2 Å². The summed E-state index contributed by atoms with van der Waals surface area (Å²) in [6.45, 7) is 16.3. The highest BCUT2D eigenvalue weighted by atomic mass is 16.5. The Morgan fingerprint density at radius 2 is 1.72 bits per heavy atom. The van der Waals surface area contributed by atoms with E-state index >= 15 is 9.59 Å². The van der Waals surface area contributed by atoms with Crippen molar-refractivity contribution in [3.63, 3.8) is 0 Å². The van der Waals surface area contributed by atoms with Crippen LogP contribution >= 0.6 is 0 Å². The van der Waals surface area contributed by atoms with Gasteiger partial charge in [0.25, 0.3) is 5.91 Å². The number of carbonyl (C=O) groups excluding carboxylic acids is 5. The van der Waals surface area contributed by atoms with Crippen molar-refractivity contribution >= 4 is 40.5 Å². The van der Waals surface area contributed by atoms with Crippen LogP contribution in [0.15, 0.2) is 73.3 Å². The number of phenols is 1. The third-order valence-electron chi connectivity index (χ3n) is 14.7. The van der Waals surface area contributed by atoms with Crippen LogP contribution in [0.3, 0.4) is 0 Å². The van der Waals surface area contributed by atoms with Gasteiger partial charge in [-0.3, -0.25) is 29.0 Å². The number of aryl methyl sites for hydroxylation is 1. The summed E-state index contributed by atoms with van der Waals surface area (Å²) in [5.41, 5.74) is 9.18. The molecule has 368 valence electrons. The zero-order valence-corrected chi connectivity index (χ0v) is 41.8. The lowest BCUT2D eigenvalue weighted by molar-refractivity contribution is -0.158. The van der Waals surface area contributed by atoms with E-state index in [9.17, 15) is 19.5 Å². The second-order valence-electron chi connectivity index (χ2n) is 21.3. The Morgan fingerprint density at radius 1 is 0.971 bits per heavy atom. The standard InChI is InChI=1S/C55H71N7O7/c1-10-47(64)60-24-22-38(32-60)51(66)59(9)48(34(3)4)50(65)56-55(40-19-20-40)29-35-25-39(27-41(63)26-35)36-18-21-46-43(28-36)44(49(61(46)11-2)42-16-13-12-15-37(42)31-58(7)8)30-54(5,6)33-69-52(67)45-17-14-23-62(57-45)53(55)68/h10,12-13,15-16,18,21,25-28,34,38,40,45,48,57,63H,1,11,14,17,19-20,22-24,29-33H2,2-9H3,(H,56,65)/t38-,45-,48-,55+/m0/s1. The summed E-state index contributed by atoms with van der Waals surface area (Å²) in [6.07, 6.45) is 4.66. The molecule has 1 aliphatic carbocycles. The molecule has 4 heterocycles. The van der Waals surface area contributed by atoms with Crippen LogP contribution in [0.4, 0.5) is 0 Å². The van der Waals surface area contributed by atoms with Crippen molar-refractivity contribution in [2.24, 2.45) is 23.2 Å². The number of aromatic nitrogens is 1. The van der Waals surface area contributed by atoms with Gasteiger partial charge in [-0.1, -0.05) is 70.7 Å². The number of aromatic hydroxyl groups is 1. The number of hydrogen-bond donors (Lipinski definition) is 3. The topological polar surface area (TPSA) is 157 Å². The van der Waals surface area contributed by atoms with E-state index in [1.54, 1.807) is 24.1 Å². The summed E-state index contributed by atoms with van der Waals surface area (Å²) in [7, 11) is 5.76. The predicted molar refractivity (Wildman–Crippen MR) is 267 cm³/mol. The minimum atomic E-state index is -1.52. The van der Waals surface area contributed by atoms with E-state index in [1.165, 1.54) is 21.5 Å². The van der Waals surface area contributed by atoms with Crippen molar-refractivity contribution in [2.75, 3.05) is 47.4 Å². The van der Waals surface area contributed by atoms with Gasteiger partial charge in [-0.15, -0.1) is 0 Å². The number of nitrogens with one attached hydrogen (secondary N) is 2. The second kappa shape index (κ2) is 19.8. The lowest BCUT2D eigenvalue weighted by Crippen LogP contribution is -2.69. The van der Waals surface area contributed by atoms with E-state index in [1.807, 2.05) is 19.9 Å². The lowest BCUT2D eigenvalue weighted by atomic mass is 9.82.